The summed E-state index contributed by atoms with van der Waals surface area (Å²) in [6.07, 6.45) is 1.68. The minimum Gasteiger partial charge on any atom is -0.481 e. The molecule has 0 radical (unpaired) electrons. The minimum atomic E-state index is -1.26. The van der Waals surface area contributed by atoms with Gasteiger partial charge in [0.05, 0.1) is 36.4 Å². The zero-order chi connectivity index (χ0) is 20.0. The molecule has 0 aliphatic heterocycles. The fourth-order valence-corrected chi connectivity index (χ4v) is 2.94. The predicted molar refractivity (Wildman–Crippen MR) is 90.1 cm³/mol. The molecule has 2 N–H and O–H groups in total. The van der Waals surface area contributed by atoms with Crippen molar-refractivity contribution in [3.8, 4) is 0 Å². The molecule has 0 aromatic heterocycles. The monoisotopic (exact) mass is 370 g/mol. The quantitative estimate of drug-likeness (QED) is 0.490. The lowest BCUT2D eigenvalue weighted by Gasteiger charge is -2.31. The molecular weight excluding hydrogens is 344 g/mol. The van der Waals surface area contributed by atoms with Gasteiger partial charge in [0, 0.05) is 0 Å². The molecule has 0 saturated heterocycles. The third-order valence-electron chi connectivity index (χ3n) is 4.05. The molecule has 4 unspecified atom stereocenters. The highest BCUT2D eigenvalue weighted by Crippen LogP contribution is 2.35. The van der Waals surface area contributed by atoms with Gasteiger partial charge in [-0.1, -0.05) is 12.2 Å². The van der Waals surface area contributed by atoms with Crippen LogP contribution in [0.5, 0.6) is 0 Å². The number of carboxylic acids is 2. The van der Waals surface area contributed by atoms with Crippen molar-refractivity contribution >= 4 is 23.9 Å². The van der Waals surface area contributed by atoms with Gasteiger partial charge in [-0.2, -0.15) is 0 Å². The van der Waals surface area contributed by atoms with E-state index in [-0.39, 0.29) is 18.9 Å². The summed E-state index contributed by atoms with van der Waals surface area (Å²) < 4.78 is 10.3. The first-order valence-electron chi connectivity index (χ1n) is 8.56. The molecule has 0 amide bonds. The lowest BCUT2D eigenvalue weighted by molar-refractivity contribution is -0.162. The lowest BCUT2D eigenvalue weighted by Crippen LogP contribution is -2.38. The number of allylic oxidation sites excluding steroid dienone is 1. The van der Waals surface area contributed by atoms with Crippen LogP contribution in [0.3, 0.4) is 0 Å². The molecule has 0 aromatic rings. The molecule has 0 saturated carbocycles. The number of hydrogen-bond acceptors (Lipinski definition) is 6. The van der Waals surface area contributed by atoms with E-state index in [1.54, 1.807) is 27.7 Å². The Kier molecular flexibility index (Phi) is 7.79. The Bertz CT molecular complexity index is 578. The van der Waals surface area contributed by atoms with Crippen molar-refractivity contribution in [3.63, 3.8) is 0 Å². The summed E-state index contributed by atoms with van der Waals surface area (Å²) in [7, 11) is 0. The van der Waals surface area contributed by atoms with Crippen molar-refractivity contribution in [1.29, 1.82) is 0 Å². The van der Waals surface area contributed by atoms with Gasteiger partial charge in [0.1, 0.15) is 0 Å². The van der Waals surface area contributed by atoms with E-state index < -0.39 is 53.7 Å². The molecule has 1 aliphatic rings. The Morgan fingerprint density at radius 3 is 2.00 bits per heavy atom. The van der Waals surface area contributed by atoms with Crippen molar-refractivity contribution in [1.82, 2.24) is 0 Å². The predicted octanol–water partition coefficient (Wildman–Crippen LogP) is 1.87. The third-order valence-corrected chi connectivity index (χ3v) is 4.05. The van der Waals surface area contributed by atoms with Gasteiger partial charge in [0.2, 0.25) is 0 Å². The molecule has 8 nitrogen and oxygen atoms in total. The summed E-state index contributed by atoms with van der Waals surface area (Å²) in [6, 6.07) is 0. The van der Waals surface area contributed by atoms with Crippen LogP contribution in [0.25, 0.3) is 0 Å². The van der Waals surface area contributed by atoms with Crippen LogP contribution in [-0.2, 0) is 28.7 Å². The zero-order valence-electron chi connectivity index (χ0n) is 15.4. The lowest BCUT2D eigenvalue weighted by atomic mass is 9.73. The topological polar surface area (TPSA) is 127 Å². The number of carbonyl (C=O) groups excluding carboxylic acids is 2. The maximum Gasteiger partial charge on any atom is 0.311 e. The molecule has 0 spiro atoms. The number of hydrogen-bond donors (Lipinski definition) is 2. The average molecular weight is 370 g/mol. The Balaban J connectivity index is 3.07. The Hall–Kier alpha value is -2.38. The summed E-state index contributed by atoms with van der Waals surface area (Å²) in [6.45, 7) is 6.69. The normalized spacial score (nSPS) is 23.5. The maximum absolute atomic E-state index is 12.4. The number of ether oxygens (including phenoxy) is 2. The van der Waals surface area contributed by atoms with Crippen LogP contribution in [0.2, 0.25) is 0 Å². The molecule has 146 valence electrons. The second-order valence-electron chi connectivity index (χ2n) is 6.93. The molecule has 0 heterocycles. The highest BCUT2D eigenvalue weighted by atomic mass is 16.5. The van der Waals surface area contributed by atoms with Gasteiger partial charge in [0.25, 0.3) is 0 Å². The van der Waals surface area contributed by atoms with Crippen molar-refractivity contribution in [2.45, 2.75) is 52.7 Å². The summed E-state index contributed by atoms with van der Waals surface area (Å²) in [5.41, 5.74) is 0. The molecule has 0 fully saturated rings. The van der Waals surface area contributed by atoms with Gasteiger partial charge in [-0.05, 0) is 40.0 Å². The van der Waals surface area contributed by atoms with E-state index in [0.29, 0.717) is 0 Å². The van der Waals surface area contributed by atoms with Crippen molar-refractivity contribution < 1.29 is 38.9 Å². The smallest absolute Gasteiger partial charge is 0.311 e. The van der Waals surface area contributed by atoms with Crippen LogP contribution in [-0.4, -0.2) is 46.3 Å². The van der Waals surface area contributed by atoms with E-state index in [9.17, 15) is 29.4 Å². The van der Waals surface area contributed by atoms with Gasteiger partial charge < -0.3 is 19.7 Å². The zero-order valence-corrected chi connectivity index (χ0v) is 15.4. The summed E-state index contributed by atoms with van der Waals surface area (Å²) in [5, 5.41) is 18.5. The highest BCUT2D eigenvalue weighted by molar-refractivity contribution is 5.83. The summed E-state index contributed by atoms with van der Waals surface area (Å²) >= 11 is 0. The largest absolute Gasteiger partial charge is 0.481 e. The second-order valence-corrected chi connectivity index (χ2v) is 6.93. The van der Waals surface area contributed by atoms with Gasteiger partial charge in [-0.25, -0.2) is 0 Å². The number of aliphatic carboxylic acids is 2. The number of carbonyl (C=O) groups is 4. The Labute approximate surface area is 152 Å². The first kappa shape index (κ1) is 21.7. The van der Waals surface area contributed by atoms with E-state index in [0.717, 1.165) is 0 Å². The van der Waals surface area contributed by atoms with Gasteiger partial charge in [0.15, 0.2) is 0 Å². The van der Waals surface area contributed by atoms with Crippen molar-refractivity contribution in [3.05, 3.63) is 12.2 Å². The van der Waals surface area contributed by atoms with Crippen LogP contribution in [0.15, 0.2) is 12.2 Å². The van der Waals surface area contributed by atoms with Crippen molar-refractivity contribution in [2.24, 2.45) is 23.7 Å². The first-order chi connectivity index (χ1) is 12.0. The summed E-state index contributed by atoms with van der Waals surface area (Å²) in [4.78, 5) is 47.2. The Morgan fingerprint density at radius 2 is 1.54 bits per heavy atom. The minimum absolute atomic E-state index is 0.0738. The van der Waals surface area contributed by atoms with Crippen LogP contribution < -0.4 is 0 Å². The van der Waals surface area contributed by atoms with E-state index >= 15 is 0 Å². The molecular formula is C18H26O8. The highest BCUT2D eigenvalue weighted by Gasteiger charge is 2.41. The SMILES string of the molecule is CC(C)OC(=O)CC(C(=O)OC(C)C)C1C=CC(C(=O)O)C(C(=O)O)C1. The summed E-state index contributed by atoms with van der Waals surface area (Å²) in [5.74, 6) is -7.64. The average Bonchev–Trinajstić information content (AvgIpc) is 2.50. The molecule has 8 heteroatoms. The van der Waals surface area contributed by atoms with Crippen LogP contribution >= 0.6 is 0 Å². The standard InChI is InChI=1S/C18H26O8/c1-9(2)25-15(19)8-13(18(24)26-10(3)4)11-5-6-12(16(20)21)14(7-11)17(22)23/h5-6,9-14H,7-8H2,1-4H3,(H,20,21)(H,22,23). The fraction of sp³-hybridized carbons (Fsp3) is 0.667. The molecule has 4 atom stereocenters. The van der Waals surface area contributed by atoms with Gasteiger partial charge in [-0.3, -0.25) is 19.2 Å². The van der Waals surface area contributed by atoms with Crippen LogP contribution in [0.1, 0.15) is 40.5 Å². The van der Waals surface area contributed by atoms with Gasteiger partial charge in [-0.15, -0.1) is 0 Å². The molecule has 1 aliphatic carbocycles. The molecule has 26 heavy (non-hydrogen) atoms. The Morgan fingerprint density at radius 1 is 0.962 bits per heavy atom. The first-order valence-corrected chi connectivity index (χ1v) is 8.56. The van der Waals surface area contributed by atoms with E-state index in [4.69, 9.17) is 9.47 Å². The number of rotatable bonds is 8. The van der Waals surface area contributed by atoms with E-state index in [1.165, 1.54) is 12.2 Å². The van der Waals surface area contributed by atoms with Crippen LogP contribution in [0.4, 0.5) is 0 Å². The molecule has 0 bridgehead atoms. The second kappa shape index (κ2) is 9.35. The van der Waals surface area contributed by atoms with E-state index in [1.807, 2.05) is 0 Å². The number of esters is 2. The van der Waals surface area contributed by atoms with Crippen LogP contribution in [0, 0.1) is 23.7 Å². The maximum atomic E-state index is 12.4. The van der Waals surface area contributed by atoms with Crippen molar-refractivity contribution in [2.75, 3.05) is 0 Å². The molecule has 0 aromatic carbocycles. The van der Waals surface area contributed by atoms with E-state index in [2.05, 4.69) is 0 Å². The fourth-order valence-electron chi connectivity index (χ4n) is 2.94. The number of carboxylic acid groups (broad SMARTS) is 2. The third kappa shape index (κ3) is 6.16. The molecule has 1 rings (SSSR count). The van der Waals surface area contributed by atoms with Gasteiger partial charge >= 0.3 is 23.9 Å².